The molecule has 3 rings (SSSR count). The van der Waals surface area contributed by atoms with E-state index in [0.29, 0.717) is 6.04 Å². The monoisotopic (exact) mass is 304 g/mol. The average molecular weight is 305 g/mol. The van der Waals surface area contributed by atoms with Gasteiger partial charge in [-0.3, -0.25) is 4.90 Å². The number of likely N-dealkylation sites (tertiary alicyclic amines) is 1. The summed E-state index contributed by atoms with van der Waals surface area (Å²) in [5, 5.41) is 2.03. The van der Waals surface area contributed by atoms with Crippen molar-refractivity contribution >= 4 is 11.8 Å². The molecule has 0 unspecified atom stereocenters. The number of hydrogen-bond donors (Lipinski definition) is 0. The number of aromatic nitrogens is 1. The largest absolute Gasteiger partial charge is 0.297 e. The van der Waals surface area contributed by atoms with Crippen LogP contribution in [0.15, 0.2) is 23.4 Å². The fourth-order valence-corrected chi connectivity index (χ4v) is 4.93. The topological polar surface area (TPSA) is 16.1 Å². The number of hydrogen-bond acceptors (Lipinski definition) is 3. The van der Waals surface area contributed by atoms with Crippen LogP contribution in [0.5, 0.6) is 0 Å². The molecular weight excluding hydrogens is 276 g/mol. The first kappa shape index (κ1) is 15.4. The molecule has 1 aliphatic heterocycles. The van der Waals surface area contributed by atoms with Gasteiger partial charge in [-0.1, -0.05) is 38.7 Å². The van der Waals surface area contributed by atoms with Gasteiger partial charge in [-0.15, -0.1) is 11.8 Å². The highest BCUT2D eigenvalue weighted by atomic mass is 32.2. The van der Waals surface area contributed by atoms with E-state index >= 15 is 0 Å². The normalized spacial score (nSPS) is 25.1. The van der Waals surface area contributed by atoms with Gasteiger partial charge in [0.25, 0.3) is 0 Å². The zero-order valence-corrected chi connectivity index (χ0v) is 14.1. The van der Waals surface area contributed by atoms with Gasteiger partial charge in [-0.25, -0.2) is 4.98 Å². The number of piperidine rings is 1. The zero-order valence-electron chi connectivity index (χ0n) is 13.3. The van der Waals surface area contributed by atoms with Crippen molar-refractivity contribution in [3.8, 4) is 0 Å². The van der Waals surface area contributed by atoms with E-state index in [0.717, 1.165) is 11.8 Å². The Kier molecular flexibility index (Phi) is 5.59. The fourth-order valence-electron chi connectivity index (χ4n) is 3.76. The molecule has 1 saturated heterocycles. The zero-order chi connectivity index (χ0) is 14.5. The Morgan fingerprint density at radius 2 is 1.90 bits per heavy atom. The highest BCUT2D eigenvalue weighted by molar-refractivity contribution is 7.99. The molecule has 1 saturated carbocycles. The molecule has 116 valence electrons. The summed E-state index contributed by atoms with van der Waals surface area (Å²) >= 11 is 2.00. The molecule has 1 aromatic rings. The van der Waals surface area contributed by atoms with E-state index < -0.39 is 0 Å². The van der Waals surface area contributed by atoms with Crippen LogP contribution in [0.25, 0.3) is 0 Å². The molecule has 0 N–H and O–H groups in total. The standard InChI is InChI=1S/C18H28N2S/c1-2-20-13-7-6-10-17(20)15-11-12-18(19-14-15)21-16-8-4-3-5-9-16/h11-12,14,16-17H,2-10,13H2,1H3/t17-/m0/s1. The van der Waals surface area contributed by atoms with Crippen molar-refractivity contribution in [2.45, 2.75) is 74.6 Å². The summed E-state index contributed by atoms with van der Waals surface area (Å²) in [5.41, 5.74) is 1.42. The molecule has 2 fully saturated rings. The Balaban J connectivity index is 1.62. The van der Waals surface area contributed by atoms with Gasteiger partial charge in [0.05, 0.1) is 5.03 Å². The maximum Gasteiger partial charge on any atom is 0.0962 e. The summed E-state index contributed by atoms with van der Waals surface area (Å²) in [5.74, 6) is 0. The molecule has 0 spiro atoms. The third-order valence-corrected chi connectivity index (χ3v) is 6.29. The van der Waals surface area contributed by atoms with Gasteiger partial charge < -0.3 is 0 Å². The third-order valence-electron chi connectivity index (χ3n) is 5.00. The first-order chi connectivity index (χ1) is 10.4. The van der Waals surface area contributed by atoms with E-state index in [4.69, 9.17) is 4.98 Å². The van der Waals surface area contributed by atoms with E-state index in [1.165, 1.54) is 68.5 Å². The van der Waals surface area contributed by atoms with Gasteiger partial charge in [0.2, 0.25) is 0 Å². The maximum absolute atomic E-state index is 4.75. The van der Waals surface area contributed by atoms with Gasteiger partial charge in [-0.2, -0.15) is 0 Å². The van der Waals surface area contributed by atoms with Crippen LogP contribution in [0.3, 0.4) is 0 Å². The first-order valence-electron chi connectivity index (χ1n) is 8.73. The van der Waals surface area contributed by atoms with Crippen molar-refractivity contribution in [1.82, 2.24) is 9.88 Å². The van der Waals surface area contributed by atoms with E-state index in [1.54, 1.807) is 0 Å². The Morgan fingerprint density at radius 3 is 2.62 bits per heavy atom. The van der Waals surface area contributed by atoms with E-state index in [1.807, 2.05) is 11.8 Å². The van der Waals surface area contributed by atoms with Crippen LogP contribution in [0.4, 0.5) is 0 Å². The minimum absolute atomic E-state index is 0.602. The highest BCUT2D eigenvalue weighted by Gasteiger charge is 2.23. The molecule has 21 heavy (non-hydrogen) atoms. The number of nitrogens with zero attached hydrogens (tertiary/aromatic N) is 2. The lowest BCUT2D eigenvalue weighted by atomic mass is 9.96. The number of rotatable bonds is 4. The number of thioether (sulfide) groups is 1. The van der Waals surface area contributed by atoms with E-state index in [9.17, 15) is 0 Å². The van der Waals surface area contributed by atoms with Crippen LogP contribution < -0.4 is 0 Å². The van der Waals surface area contributed by atoms with Gasteiger partial charge >= 0.3 is 0 Å². The molecular formula is C18H28N2S. The van der Waals surface area contributed by atoms with Crippen LogP contribution in [0.1, 0.15) is 69.9 Å². The summed E-state index contributed by atoms with van der Waals surface area (Å²) in [4.78, 5) is 7.36. The molecule has 0 bridgehead atoms. The molecule has 1 atom stereocenters. The molecule has 2 aliphatic rings. The Bertz CT molecular complexity index is 425. The third kappa shape index (κ3) is 4.01. The van der Waals surface area contributed by atoms with Crippen molar-refractivity contribution in [2.24, 2.45) is 0 Å². The number of pyridine rings is 1. The predicted molar refractivity (Wildman–Crippen MR) is 90.8 cm³/mol. The predicted octanol–water partition coefficient (Wildman–Crippen LogP) is 5.05. The fraction of sp³-hybridized carbons (Fsp3) is 0.722. The van der Waals surface area contributed by atoms with Crippen molar-refractivity contribution in [1.29, 1.82) is 0 Å². The van der Waals surface area contributed by atoms with Crippen LogP contribution in [0.2, 0.25) is 0 Å². The van der Waals surface area contributed by atoms with Crippen LogP contribution in [-0.4, -0.2) is 28.2 Å². The lowest BCUT2D eigenvalue weighted by Gasteiger charge is -2.35. The van der Waals surface area contributed by atoms with Crippen molar-refractivity contribution < 1.29 is 0 Å². The molecule has 0 aromatic carbocycles. The molecule has 3 heteroatoms. The van der Waals surface area contributed by atoms with Crippen LogP contribution in [-0.2, 0) is 0 Å². The van der Waals surface area contributed by atoms with Gasteiger partial charge in [-0.05, 0) is 50.4 Å². The second-order valence-electron chi connectivity index (χ2n) is 6.45. The van der Waals surface area contributed by atoms with Gasteiger partial charge in [0.15, 0.2) is 0 Å². The molecule has 2 heterocycles. The lowest BCUT2D eigenvalue weighted by molar-refractivity contribution is 0.157. The SMILES string of the molecule is CCN1CCCC[C@H]1c1ccc(SC2CCCCC2)nc1. The lowest BCUT2D eigenvalue weighted by Crippen LogP contribution is -2.33. The maximum atomic E-state index is 4.75. The Labute approximate surface area is 133 Å². The average Bonchev–Trinajstić information content (AvgIpc) is 2.56. The summed E-state index contributed by atoms with van der Waals surface area (Å²) in [6.45, 7) is 4.68. The first-order valence-corrected chi connectivity index (χ1v) is 9.61. The van der Waals surface area contributed by atoms with Crippen LogP contribution >= 0.6 is 11.8 Å². The highest BCUT2D eigenvalue weighted by Crippen LogP contribution is 2.34. The van der Waals surface area contributed by atoms with Crippen molar-refractivity contribution in [3.05, 3.63) is 23.9 Å². The summed E-state index contributed by atoms with van der Waals surface area (Å²) < 4.78 is 0. The Morgan fingerprint density at radius 1 is 1.10 bits per heavy atom. The second kappa shape index (κ2) is 7.64. The Hall–Kier alpha value is -0.540. The molecule has 2 nitrogen and oxygen atoms in total. The molecule has 0 radical (unpaired) electrons. The summed E-state index contributed by atoms with van der Waals surface area (Å²) in [6.07, 6.45) is 13.1. The summed E-state index contributed by atoms with van der Waals surface area (Å²) in [7, 11) is 0. The smallest absolute Gasteiger partial charge is 0.0962 e. The van der Waals surface area contributed by atoms with Crippen molar-refractivity contribution in [3.63, 3.8) is 0 Å². The second-order valence-corrected chi connectivity index (χ2v) is 7.77. The van der Waals surface area contributed by atoms with Crippen molar-refractivity contribution in [2.75, 3.05) is 13.1 Å². The van der Waals surface area contributed by atoms with Gasteiger partial charge in [0, 0.05) is 17.5 Å². The molecule has 1 aliphatic carbocycles. The minimum Gasteiger partial charge on any atom is -0.297 e. The molecule has 0 amide bonds. The minimum atomic E-state index is 0.602. The quantitative estimate of drug-likeness (QED) is 0.774. The summed E-state index contributed by atoms with van der Waals surface area (Å²) in [6, 6.07) is 5.19. The van der Waals surface area contributed by atoms with Crippen LogP contribution in [0, 0.1) is 0 Å². The van der Waals surface area contributed by atoms with Gasteiger partial charge in [0.1, 0.15) is 0 Å². The molecule has 1 aromatic heterocycles. The van der Waals surface area contributed by atoms with E-state index in [-0.39, 0.29) is 0 Å². The van der Waals surface area contributed by atoms with E-state index in [2.05, 4.69) is 30.2 Å².